The molecule has 2 rings (SSSR count). The first kappa shape index (κ1) is 15.3. The maximum absolute atomic E-state index is 11.7. The van der Waals surface area contributed by atoms with E-state index in [0.29, 0.717) is 12.3 Å². The minimum absolute atomic E-state index is 0.0658. The molecule has 1 saturated heterocycles. The highest BCUT2D eigenvalue weighted by atomic mass is 35.5. The molecule has 0 aliphatic carbocycles. The van der Waals surface area contributed by atoms with Gasteiger partial charge >= 0.3 is 5.97 Å². The second-order valence-corrected chi connectivity index (χ2v) is 6.15. The van der Waals surface area contributed by atoms with Gasteiger partial charge in [0.25, 0.3) is 0 Å². The van der Waals surface area contributed by atoms with E-state index in [2.05, 4.69) is 12.1 Å². The highest BCUT2D eigenvalue weighted by molar-refractivity contribution is 6.30. The molecular weight excluding hydrogens is 274 g/mol. The number of carbonyl (C=O) groups excluding carboxylic acids is 1. The lowest BCUT2D eigenvalue weighted by Gasteiger charge is -2.20. The van der Waals surface area contributed by atoms with Crippen molar-refractivity contribution in [3.05, 3.63) is 34.9 Å². The van der Waals surface area contributed by atoms with Gasteiger partial charge in [0.1, 0.15) is 6.04 Å². The zero-order valence-electron chi connectivity index (χ0n) is 11.8. The van der Waals surface area contributed by atoms with Gasteiger partial charge in [-0.2, -0.15) is 0 Å². The summed E-state index contributed by atoms with van der Waals surface area (Å²) in [4.78, 5) is 11.7. The van der Waals surface area contributed by atoms with Crippen molar-refractivity contribution in [1.29, 1.82) is 0 Å². The zero-order chi connectivity index (χ0) is 14.5. The molecule has 4 heteroatoms. The molecule has 3 nitrogen and oxygen atoms in total. The summed E-state index contributed by atoms with van der Waals surface area (Å²) < 4.78 is 5.39. The fraction of sp³-hybridized carbons (Fsp3) is 0.562. The Bertz CT molecular complexity index is 446. The summed E-state index contributed by atoms with van der Waals surface area (Å²) >= 11 is 5.91. The fourth-order valence-electron chi connectivity index (χ4n) is 2.80. The van der Waals surface area contributed by atoms with Crippen molar-refractivity contribution in [2.24, 2.45) is 11.7 Å². The molecule has 1 fully saturated rings. The number of hydrogen-bond acceptors (Lipinski definition) is 3. The van der Waals surface area contributed by atoms with Gasteiger partial charge in [-0.25, -0.2) is 0 Å². The molecule has 1 aliphatic heterocycles. The van der Waals surface area contributed by atoms with Crippen molar-refractivity contribution in [3.8, 4) is 0 Å². The molecule has 0 amide bonds. The number of hydrogen-bond donors (Lipinski definition) is 1. The standard InChI is InChI=1S/C16H22ClNO2/c1-11-9-13(3-2-4-15(18)16(19)20-11)10-12-5-7-14(17)8-6-12/h5-8,11,13,15H,2-4,9-10,18H2,1H3/t11?,13?,15-/m0/s1. The van der Waals surface area contributed by atoms with Crippen molar-refractivity contribution in [2.75, 3.05) is 0 Å². The lowest BCUT2D eigenvalue weighted by atomic mass is 9.89. The Morgan fingerprint density at radius 1 is 1.30 bits per heavy atom. The smallest absolute Gasteiger partial charge is 0.323 e. The van der Waals surface area contributed by atoms with Gasteiger partial charge in [0, 0.05) is 5.02 Å². The van der Waals surface area contributed by atoms with Crippen LogP contribution in [0.3, 0.4) is 0 Å². The van der Waals surface area contributed by atoms with E-state index in [-0.39, 0.29) is 12.1 Å². The Hall–Kier alpha value is -1.06. The van der Waals surface area contributed by atoms with E-state index in [1.54, 1.807) is 0 Å². The van der Waals surface area contributed by atoms with E-state index in [9.17, 15) is 4.79 Å². The van der Waals surface area contributed by atoms with Crippen LogP contribution in [0.2, 0.25) is 5.02 Å². The first-order valence-electron chi connectivity index (χ1n) is 7.25. The van der Waals surface area contributed by atoms with E-state index in [1.165, 1.54) is 5.56 Å². The van der Waals surface area contributed by atoms with E-state index in [0.717, 1.165) is 30.7 Å². The Labute approximate surface area is 125 Å². The number of esters is 1. The zero-order valence-corrected chi connectivity index (χ0v) is 12.6. The van der Waals surface area contributed by atoms with Crippen molar-refractivity contribution in [1.82, 2.24) is 0 Å². The van der Waals surface area contributed by atoms with Crippen molar-refractivity contribution < 1.29 is 9.53 Å². The van der Waals surface area contributed by atoms with Gasteiger partial charge in [-0.05, 0) is 56.2 Å². The number of halogens is 1. The summed E-state index contributed by atoms with van der Waals surface area (Å²) in [7, 11) is 0. The Balaban J connectivity index is 1.99. The van der Waals surface area contributed by atoms with Crippen LogP contribution in [-0.4, -0.2) is 18.1 Å². The number of carbonyl (C=O) groups is 1. The average molecular weight is 296 g/mol. The van der Waals surface area contributed by atoms with E-state index >= 15 is 0 Å². The monoisotopic (exact) mass is 295 g/mol. The third-order valence-electron chi connectivity index (χ3n) is 3.85. The molecule has 0 spiro atoms. The SMILES string of the molecule is CC1CC(Cc2ccc(Cl)cc2)CCC[C@H](N)C(=O)O1. The van der Waals surface area contributed by atoms with Gasteiger partial charge in [-0.1, -0.05) is 30.2 Å². The number of cyclic esters (lactones) is 1. The normalized spacial score (nSPS) is 28.1. The number of nitrogens with two attached hydrogens (primary N) is 1. The first-order valence-corrected chi connectivity index (χ1v) is 7.63. The molecule has 0 aromatic heterocycles. The van der Waals surface area contributed by atoms with Crippen molar-refractivity contribution in [2.45, 2.75) is 51.2 Å². The summed E-state index contributed by atoms with van der Waals surface area (Å²) in [6, 6.07) is 7.51. The van der Waals surface area contributed by atoms with Gasteiger partial charge < -0.3 is 10.5 Å². The summed E-state index contributed by atoms with van der Waals surface area (Å²) in [5.74, 6) is 0.258. The van der Waals surface area contributed by atoms with Crippen LogP contribution < -0.4 is 5.73 Å². The number of rotatable bonds is 2. The Morgan fingerprint density at radius 3 is 2.70 bits per heavy atom. The average Bonchev–Trinajstić information content (AvgIpc) is 2.45. The molecule has 3 atom stereocenters. The maximum atomic E-state index is 11.7. The van der Waals surface area contributed by atoms with E-state index in [1.807, 2.05) is 19.1 Å². The molecule has 0 bridgehead atoms. The van der Waals surface area contributed by atoms with Crippen molar-refractivity contribution in [3.63, 3.8) is 0 Å². The molecule has 20 heavy (non-hydrogen) atoms. The highest BCUT2D eigenvalue weighted by Gasteiger charge is 2.23. The van der Waals surface area contributed by atoms with Crippen LogP contribution in [-0.2, 0) is 16.0 Å². The first-order chi connectivity index (χ1) is 9.54. The predicted octanol–water partition coefficient (Wildman–Crippen LogP) is 3.33. The van der Waals surface area contributed by atoms with Gasteiger partial charge in [0.05, 0.1) is 6.10 Å². The Kier molecular flexibility index (Phi) is 5.44. The largest absolute Gasteiger partial charge is 0.462 e. The minimum atomic E-state index is -0.466. The second kappa shape index (κ2) is 7.09. The third kappa shape index (κ3) is 4.50. The molecule has 1 heterocycles. The molecule has 0 radical (unpaired) electrons. The van der Waals surface area contributed by atoms with Crippen LogP contribution >= 0.6 is 11.6 Å². The lowest BCUT2D eigenvalue weighted by molar-refractivity contribution is -0.150. The molecule has 0 saturated carbocycles. The van der Waals surface area contributed by atoms with E-state index in [4.69, 9.17) is 22.1 Å². The number of benzene rings is 1. The van der Waals surface area contributed by atoms with Gasteiger partial charge in [0.2, 0.25) is 0 Å². The molecular formula is C16H22ClNO2. The summed E-state index contributed by atoms with van der Waals surface area (Å²) in [5, 5.41) is 0.761. The summed E-state index contributed by atoms with van der Waals surface area (Å²) in [6.45, 7) is 1.95. The molecule has 110 valence electrons. The summed E-state index contributed by atoms with van der Waals surface area (Å²) in [6.07, 6.45) is 4.58. The quantitative estimate of drug-likeness (QED) is 0.852. The maximum Gasteiger partial charge on any atom is 0.323 e. The van der Waals surface area contributed by atoms with Crippen LogP contribution in [0.15, 0.2) is 24.3 Å². The van der Waals surface area contributed by atoms with Gasteiger partial charge in [0.15, 0.2) is 0 Å². The minimum Gasteiger partial charge on any atom is -0.462 e. The van der Waals surface area contributed by atoms with Crippen molar-refractivity contribution >= 4 is 17.6 Å². The third-order valence-corrected chi connectivity index (χ3v) is 4.10. The highest BCUT2D eigenvalue weighted by Crippen LogP contribution is 2.24. The fourth-order valence-corrected chi connectivity index (χ4v) is 2.93. The number of ether oxygens (including phenoxy) is 1. The lowest BCUT2D eigenvalue weighted by Crippen LogP contribution is -2.33. The molecule has 1 aromatic rings. The topological polar surface area (TPSA) is 52.3 Å². The van der Waals surface area contributed by atoms with Crippen LogP contribution in [0, 0.1) is 5.92 Å². The second-order valence-electron chi connectivity index (χ2n) is 5.72. The molecule has 1 aliphatic rings. The van der Waals surface area contributed by atoms with Gasteiger partial charge in [-0.15, -0.1) is 0 Å². The molecule has 2 N–H and O–H groups in total. The van der Waals surface area contributed by atoms with Crippen LogP contribution in [0.4, 0.5) is 0 Å². The Morgan fingerprint density at radius 2 is 2.00 bits per heavy atom. The summed E-state index contributed by atoms with van der Waals surface area (Å²) in [5.41, 5.74) is 7.08. The molecule has 2 unspecified atom stereocenters. The van der Waals surface area contributed by atoms with Gasteiger partial charge in [-0.3, -0.25) is 4.79 Å². The predicted molar refractivity (Wildman–Crippen MR) is 80.6 cm³/mol. The molecule has 1 aromatic carbocycles. The van der Waals surface area contributed by atoms with E-state index < -0.39 is 6.04 Å². The van der Waals surface area contributed by atoms with Crippen LogP contribution in [0.25, 0.3) is 0 Å². The van der Waals surface area contributed by atoms with Crippen LogP contribution in [0.1, 0.15) is 38.2 Å². The van der Waals surface area contributed by atoms with Crippen LogP contribution in [0.5, 0.6) is 0 Å².